The van der Waals surface area contributed by atoms with Gasteiger partial charge in [0.1, 0.15) is 5.60 Å². The lowest BCUT2D eigenvalue weighted by atomic mass is 10.1. The van der Waals surface area contributed by atoms with Crippen molar-refractivity contribution in [2.75, 3.05) is 13.2 Å². The zero-order valence-electron chi connectivity index (χ0n) is 5.18. The van der Waals surface area contributed by atoms with E-state index in [1.165, 1.54) is 0 Å². The zero-order valence-corrected chi connectivity index (χ0v) is 5.18. The molecule has 1 N–H and O–H groups in total. The second-order valence-corrected chi connectivity index (χ2v) is 2.73. The van der Waals surface area contributed by atoms with Crippen molar-refractivity contribution in [3.63, 3.8) is 0 Å². The van der Waals surface area contributed by atoms with E-state index in [1.54, 1.807) is 0 Å². The average Bonchev–Trinajstić information content (AvgIpc) is 2.46. The first-order valence-electron chi connectivity index (χ1n) is 3.20. The first kappa shape index (κ1) is 5.28. The summed E-state index contributed by atoms with van der Waals surface area (Å²) in [5.41, 5.74) is -0.231. The molecule has 0 aromatic carbocycles. The highest BCUT2D eigenvalue weighted by Crippen LogP contribution is 2.29. The molecular formula is C7H9NO. The molecule has 9 heavy (non-hydrogen) atoms. The largest absolute Gasteiger partial charge is 0.359 e. The molecule has 2 heterocycles. The minimum atomic E-state index is -0.231. The number of hydrogen-bond donors (Lipinski definition) is 1. The summed E-state index contributed by atoms with van der Waals surface area (Å²) in [7, 11) is 0. The number of fused-ring (bicyclic) bond motifs is 2. The number of nitrogens with one attached hydrogen (secondary N) is 1. The van der Waals surface area contributed by atoms with Crippen molar-refractivity contribution < 1.29 is 4.74 Å². The van der Waals surface area contributed by atoms with Gasteiger partial charge in [-0.3, -0.25) is 0 Å². The standard InChI is InChI=1S/C7H9NO/c1-2-7-3-6(4-9-7)8-5-7/h1,6,8H,3-5H2. The van der Waals surface area contributed by atoms with Crippen LogP contribution in [0.2, 0.25) is 0 Å². The molecular weight excluding hydrogens is 114 g/mol. The Labute approximate surface area is 54.6 Å². The number of terminal acetylenes is 1. The number of rotatable bonds is 0. The highest BCUT2D eigenvalue weighted by Gasteiger charge is 2.44. The third-order valence-corrected chi connectivity index (χ3v) is 2.08. The van der Waals surface area contributed by atoms with Crippen LogP contribution in [0.25, 0.3) is 0 Å². The third-order valence-electron chi connectivity index (χ3n) is 2.08. The molecule has 0 aliphatic carbocycles. The number of ether oxygens (including phenoxy) is 1. The van der Waals surface area contributed by atoms with Gasteiger partial charge >= 0.3 is 0 Å². The fourth-order valence-electron chi connectivity index (χ4n) is 1.49. The molecule has 0 saturated carbocycles. The van der Waals surface area contributed by atoms with Gasteiger partial charge in [-0.2, -0.15) is 0 Å². The Morgan fingerprint density at radius 2 is 2.67 bits per heavy atom. The van der Waals surface area contributed by atoms with E-state index in [0.29, 0.717) is 6.04 Å². The Morgan fingerprint density at radius 3 is 2.89 bits per heavy atom. The van der Waals surface area contributed by atoms with Crippen molar-refractivity contribution >= 4 is 0 Å². The minimum Gasteiger partial charge on any atom is -0.359 e. The lowest BCUT2D eigenvalue weighted by Crippen LogP contribution is -2.37. The van der Waals surface area contributed by atoms with Crippen LogP contribution in [0.3, 0.4) is 0 Å². The van der Waals surface area contributed by atoms with Crippen molar-refractivity contribution in [3.05, 3.63) is 0 Å². The maximum absolute atomic E-state index is 5.39. The Hall–Kier alpha value is -0.520. The van der Waals surface area contributed by atoms with E-state index in [0.717, 1.165) is 19.6 Å². The summed E-state index contributed by atoms with van der Waals surface area (Å²) in [4.78, 5) is 0. The fraction of sp³-hybridized carbons (Fsp3) is 0.714. The molecule has 2 saturated heterocycles. The van der Waals surface area contributed by atoms with Crippen LogP contribution < -0.4 is 5.32 Å². The molecule has 0 radical (unpaired) electrons. The highest BCUT2D eigenvalue weighted by molar-refractivity contribution is 5.18. The smallest absolute Gasteiger partial charge is 0.142 e. The van der Waals surface area contributed by atoms with Crippen LogP contribution >= 0.6 is 0 Å². The molecule has 2 heteroatoms. The Kier molecular flexibility index (Phi) is 0.879. The van der Waals surface area contributed by atoms with Crippen LogP contribution in [0.4, 0.5) is 0 Å². The van der Waals surface area contributed by atoms with E-state index in [4.69, 9.17) is 11.2 Å². The van der Waals surface area contributed by atoms with Gasteiger partial charge < -0.3 is 10.1 Å². The van der Waals surface area contributed by atoms with Crippen LogP contribution in [0.5, 0.6) is 0 Å². The summed E-state index contributed by atoms with van der Waals surface area (Å²) in [5.74, 6) is 2.68. The summed E-state index contributed by atoms with van der Waals surface area (Å²) < 4.78 is 5.39. The van der Waals surface area contributed by atoms with Gasteiger partial charge in [-0.05, 0) is 0 Å². The number of hydrogen-bond acceptors (Lipinski definition) is 2. The van der Waals surface area contributed by atoms with E-state index >= 15 is 0 Å². The quantitative estimate of drug-likeness (QED) is 0.448. The molecule has 2 unspecified atom stereocenters. The van der Waals surface area contributed by atoms with Gasteiger partial charge in [0.2, 0.25) is 0 Å². The molecule has 2 nitrogen and oxygen atoms in total. The SMILES string of the molecule is C#CC12CNC(CO1)C2. The highest BCUT2D eigenvalue weighted by atomic mass is 16.5. The van der Waals surface area contributed by atoms with Crippen molar-refractivity contribution in [1.29, 1.82) is 0 Å². The topological polar surface area (TPSA) is 21.3 Å². The van der Waals surface area contributed by atoms with Crippen molar-refractivity contribution in [2.45, 2.75) is 18.1 Å². The zero-order chi connectivity index (χ0) is 6.32. The molecule has 2 bridgehead atoms. The summed E-state index contributed by atoms with van der Waals surface area (Å²) in [6, 6.07) is 0.529. The van der Waals surface area contributed by atoms with Crippen molar-refractivity contribution in [1.82, 2.24) is 5.32 Å². The summed E-state index contributed by atoms with van der Waals surface area (Å²) in [6.45, 7) is 1.64. The first-order chi connectivity index (χ1) is 4.35. The molecule has 0 aromatic rings. The summed E-state index contributed by atoms with van der Waals surface area (Å²) in [5, 5.41) is 3.28. The van der Waals surface area contributed by atoms with Crippen LogP contribution in [0, 0.1) is 12.3 Å². The predicted molar refractivity (Wildman–Crippen MR) is 33.9 cm³/mol. The molecule has 0 aromatic heterocycles. The van der Waals surface area contributed by atoms with Crippen LogP contribution in [0.15, 0.2) is 0 Å². The van der Waals surface area contributed by atoms with E-state index in [9.17, 15) is 0 Å². The molecule has 2 aliphatic heterocycles. The molecule has 2 atom stereocenters. The lowest BCUT2D eigenvalue weighted by Gasteiger charge is -2.19. The van der Waals surface area contributed by atoms with Gasteiger partial charge in [-0.15, -0.1) is 6.42 Å². The first-order valence-corrected chi connectivity index (χ1v) is 3.20. The second-order valence-electron chi connectivity index (χ2n) is 2.73. The molecule has 0 spiro atoms. The van der Waals surface area contributed by atoms with Gasteiger partial charge in [0, 0.05) is 19.0 Å². The lowest BCUT2D eigenvalue weighted by molar-refractivity contribution is 0.0388. The Bertz CT molecular complexity index is 162. The van der Waals surface area contributed by atoms with Gasteiger partial charge in [-0.1, -0.05) is 5.92 Å². The molecule has 2 fully saturated rings. The average molecular weight is 123 g/mol. The molecule has 0 amide bonds. The summed E-state index contributed by atoms with van der Waals surface area (Å²) >= 11 is 0. The van der Waals surface area contributed by atoms with E-state index in [-0.39, 0.29) is 5.60 Å². The normalized spacial score (nSPS) is 47.2. The maximum atomic E-state index is 5.39. The van der Waals surface area contributed by atoms with E-state index in [1.807, 2.05) is 0 Å². The van der Waals surface area contributed by atoms with E-state index in [2.05, 4.69) is 11.2 Å². The number of morpholine rings is 1. The third kappa shape index (κ3) is 0.592. The molecule has 2 rings (SSSR count). The van der Waals surface area contributed by atoms with Gasteiger partial charge in [0.15, 0.2) is 0 Å². The van der Waals surface area contributed by atoms with Gasteiger partial charge in [0.25, 0.3) is 0 Å². The molecule has 2 aliphatic rings. The van der Waals surface area contributed by atoms with Crippen LogP contribution in [0.1, 0.15) is 6.42 Å². The minimum absolute atomic E-state index is 0.231. The summed E-state index contributed by atoms with van der Waals surface area (Å²) in [6.07, 6.45) is 6.29. The molecule has 48 valence electrons. The van der Waals surface area contributed by atoms with Gasteiger partial charge in [-0.25, -0.2) is 0 Å². The van der Waals surface area contributed by atoms with Crippen molar-refractivity contribution in [2.24, 2.45) is 0 Å². The van der Waals surface area contributed by atoms with Crippen LogP contribution in [-0.2, 0) is 4.74 Å². The Morgan fingerprint density at radius 1 is 1.78 bits per heavy atom. The van der Waals surface area contributed by atoms with E-state index < -0.39 is 0 Å². The van der Waals surface area contributed by atoms with Gasteiger partial charge in [0.05, 0.1) is 6.61 Å². The van der Waals surface area contributed by atoms with Crippen LogP contribution in [-0.4, -0.2) is 24.8 Å². The maximum Gasteiger partial charge on any atom is 0.142 e. The monoisotopic (exact) mass is 123 g/mol. The predicted octanol–water partition coefficient (Wildman–Crippen LogP) is -0.250. The van der Waals surface area contributed by atoms with Crippen molar-refractivity contribution in [3.8, 4) is 12.3 Å². The fourth-order valence-corrected chi connectivity index (χ4v) is 1.49. The second kappa shape index (κ2) is 1.50. The Balaban J connectivity index is 2.25.